The molecule has 2 rings (SSSR count). The minimum absolute atomic E-state index is 0.931. The van der Waals surface area contributed by atoms with Crippen LogP contribution in [0.4, 0.5) is 0 Å². The summed E-state index contributed by atoms with van der Waals surface area (Å²) in [6.07, 6.45) is 7.33. The van der Waals surface area contributed by atoms with Gasteiger partial charge < -0.3 is 4.98 Å². The van der Waals surface area contributed by atoms with E-state index in [2.05, 4.69) is 23.9 Å². The van der Waals surface area contributed by atoms with Crippen LogP contribution >= 0.6 is 0 Å². The third-order valence-corrected chi connectivity index (χ3v) is 2.08. The number of hydrogen-bond acceptors (Lipinski definition) is 0. The fourth-order valence-corrected chi connectivity index (χ4v) is 1.41. The van der Waals surface area contributed by atoms with Crippen LogP contribution in [0.2, 0.25) is 0 Å². The van der Waals surface area contributed by atoms with Crippen LogP contribution in [0, 0.1) is 19.3 Å². The predicted octanol–water partition coefficient (Wildman–Crippen LogP) is 2.46. The van der Waals surface area contributed by atoms with E-state index in [4.69, 9.17) is 6.42 Å². The molecule has 1 heterocycles. The Labute approximate surface area is 71.4 Å². The molecule has 1 nitrogen and oxygen atoms in total. The van der Waals surface area contributed by atoms with Gasteiger partial charge in [-0.1, -0.05) is 18.1 Å². The van der Waals surface area contributed by atoms with E-state index in [1.54, 1.807) is 0 Å². The molecule has 1 aromatic carbocycles. The summed E-state index contributed by atoms with van der Waals surface area (Å²) in [6, 6.07) is 6.00. The molecule has 0 fully saturated rings. The number of terminal acetylenes is 1. The maximum absolute atomic E-state index is 5.36. The molecule has 0 aliphatic rings. The first-order chi connectivity index (χ1) is 5.83. The van der Waals surface area contributed by atoms with Gasteiger partial charge in [-0.2, -0.15) is 0 Å². The summed E-state index contributed by atoms with van der Waals surface area (Å²) < 4.78 is 0. The van der Waals surface area contributed by atoms with Gasteiger partial charge in [-0.05, 0) is 18.6 Å². The Hall–Kier alpha value is -1.68. The van der Waals surface area contributed by atoms with Crippen molar-refractivity contribution in [1.29, 1.82) is 0 Å². The van der Waals surface area contributed by atoms with E-state index < -0.39 is 0 Å². The molecule has 0 saturated carbocycles. The minimum atomic E-state index is 0.931. The molecule has 58 valence electrons. The van der Waals surface area contributed by atoms with E-state index in [9.17, 15) is 0 Å². The number of aromatic amines is 1. The smallest absolute Gasteiger partial charge is 0.0615 e. The number of aryl methyl sites for hydroxylation is 1. The maximum atomic E-state index is 5.36. The molecule has 12 heavy (non-hydrogen) atoms. The normalized spacial score (nSPS) is 10.0. The minimum Gasteiger partial charge on any atom is -0.360 e. The SMILES string of the molecule is C#Cc1cccc2c(C)c[nH]c12. The van der Waals surface area contributed by atoms with Crippen LogP contribution in [0.3, 0.4) is 0 Å². The van der Waals surface area contributed by atoms with Gasteiger partial charge in [-0.25, -0.2) is 0 Å². The number of aromatic nitrogens is 1. The summed E-state index contributed by atoms with van der Waals surface area (Å²) in [5.74, 6) is 2.65. The topological polar surface area (TPSA) is 15.8 Å². The highest BCUT2D eigenvalue weighted by Crippen LogP contribution is 2.19. The fraction of sp³-hybridized carbons (Fsp3) is 0.0909. The summed E-state index contributed by atoms with van der Waals surface area (Å²) in [5, 5.41) is 1.21. The second kappa shape index (κ2) is 2.42. The van der Waals surface area contributed by atoms with Gasteiger partial charge in [0, 0.05) is 17.1 Å². The van der Waals surface area contributed by atoms with E-state index in [-0.39, 0.29) is 0 Å². The van der Waals surface area contributed by atoms with Gasteiger partial charge in [-0.3, -0.25) is 0 Å². The van der Waals surface area contributed by atoms with Crippen molar-refractivity contribution in [2.45, 2.75) is 6.92 Å². The molecule has 0 aliphatic carbocycles. The Kier molecular flexibility index (Phi) is 1.41. The lowest BCUT2D eigenvalue weighted by Crippen LogP contribution is -1.76. The molecule has 0 bridgehead atoms. The van der Waals surface area contributed by atoms with Crippen LogP contribution in [-0.4, -0.2) is 4.98 Å². The van der Waals surface area contributed by atoms with Crippen LogP contribution in [0.1, 0.15) is 11.1 Å². The van der Waals surface area contributed by atoms with Crippen molar-refractivity contribution in [3.8, 4) is 12.3 Å². The Morgan fingerprint density at radius 3 is 3.00 bits per heavy atom. The third kappa shape index (κ3) is 0.820. The van der Waals surface area contributed by atoms with Gasteiger partial charge >= 0.3 is 0 Å². The molecule has 2 aromatic rings. The van der Waals surface area contributed by atoms with Gasteiger partial charge in [-0.15, -0.1) is 6.42 Å². The van der Waals surface area contributed by atoms with Crippen molar-refractivity contribution in [1.82, 2.24) is 4.98 Å². The molecule has 1 heteroatoms. The Balaban J connectivity index is 2.92. The number of nitrogens with one attached hydrogen (secondary N) is 1. The third-order valence-electron chi connectivity index (χ3n) is 2.08. The summed E-state index contributed by atoms with van der Waals surface area (Å²) >= 11 is 0. The number of fused-ring (bicyclic) bond motifs is 1. The van der Waals surface area contributed by atoms with Crippen molar-refractivity contribution < 1.29 is 0 Å². The average Bonchev–Trinajstić information content (AvgIpc) is 2.48. The molecular weight excluding hydrogens is 146 g/mol. The quantitative estimate of drug-likeness (QED) is 0.562. The van der Waals surface area contributed by atoms with Crippen molar-refractivity contribution in [2.75, 3.05) is 0 Å². The highest BCUT2D eigenvalue weighted by atomic mass is 14.7. The number of benzene rings is 1. The van der Waals surface area contributed by atoms with Gasteiger partial charge in [0.2, 0.25) is 0 Å². The second-order valence-electron chi connectivity index (χ2n) is 2.84. The Morgan fingerprint density at radius 1 is 1.42 bits per heavy atom. The Morgan fingerprint density at radius 2 is 2.25 bits per heavy atom. The number of rotatable bonds is 0. The van der Waals surface area contributed by atoms with E-state index in [1.807, 2.05) is 18.3 Å². The molecule has 1 aromatic heterocycles. The number of hydrogen-bond donors (Lipinski definition) is 1. The summed E-state index contributed by atoms with van der Waals surface area (Å²) in [6.45, 7) is 2.07. The zero-order valence-electron chi connectivity index (χ0n) is 6.89. The van der Waals surface area contributed by atoms with Crippen molar-refractivity contribution in [3.63, 3.8) is 0 Å². The van der Waals surface area contributed by atoms with Gasteiger partial charge in [0.15, 0.2) is 0 Å². The predicted molar refractivity (Wildman–Crippen MR) is 51.0 cm³/mol. The zero-order chi connectivity index (χ0) is 8.55. The molecule has 0 radical (unpaired) electrons. The van der Waals surface area contributed by atoms with E-state index in [0.717, 1.165) is 11.1 Å². The van der Waals surface area contributed by atoms with Crippen molar-refractivity contribution in [2.24, 2.45) is 0 Å². The molecule has 0 atom stereocenters. The van der Waals surface area contributed by atoms with E-state index in [1.165, 1.54) is 10.9 Å². The number of para-hydroxylation sites is 1. The molecule has 0 spiro atoms. The molecule has 0 unspecified atom stereocenters. The lowest BCUT2D eigenvalue weighted by atomic mass is 10.1. The van der Waals surface area contributed by atoms with Crippen LogP contribution < -0.4 is 0 Å². The molecular formula is C11H9N. The maximum Gasteiger partial charge on any atom is 0.0615 e. The fourth-order valence-electron chi connectivity index (χ4n) is 1.41. The highest BCUT2D eigenvalue weighted by Gasteiger charge is 2.01. The van der Waals surface area contributed by atoms with Crippen LogP contribution in [-0.2, 0) is 0 Å². The zero-order valence-corrected chi connectivity index (χ0v) is 6.89. The van der Waals surface area contributed by atoms with Gasteiger partial charge in [0.1, 0.15) is 0 Å². The van der Waals surface area contributed by atoms with Gasteiger partial charge in [0.05, 0.1) is 5.52 Å². The average molecular weight is 155 g/mol. The largest absolute Gasteiger partial charge is 0.360 e. The molecule has 1 N–H and O–H groups in total. The first kappa shape index (κ1) is 7.00. The molecule has 0 saturated heterocycles. The first-order valence-corrected chi connectivity index (χ1v) is 3.86. The molecule has 0 amide bonds. The van der Waals surface area contributed by atoms with Crippen LogP contribution in [0.25, 0.3) is 10.9 Å². The second-order valence-corrected chi connectivity index (χ2v) is 2.84. The molecule has 0 aliphatic heterocycles. The van der Waals surface area contributed by atoms with Crippen LogP contribution in [0.5, 0.6) is 0 Å². The standard InChI is InChI=1S/C11H9N/c1-3-9-5-4-6-10-8(2)7-12-11(9)10/h1,4-7,12H,2H3. The first-order valence-electron chi connectivity index (χ1n) is 3.86. The van der Waals surface area contributed by atoms with Gasteiger partial charge in [0.25, 0.3) is 0 Å². The van der Waals surface area contributed by atoms with Crippen LogP contribution in [0.15, 0.2) is 24.4 Å². The van der Waals surface area contributed by atoms with E-state index in [0.29, 0.717) is 0 Å². The lowest BCUT2D eigenvalue weighted by Gasteiger charge is -1.93. The van der Waals surface area contributed by atoms with E-state index >= 15 is 0 Å². The summed E-state index contributed by atoms with van der Waals surface area (Å²) in [4.78, 5) is 3.16. The monoisotopic (exact) mass is 155 g/mol. The van der Waals surface area contributed by atoms with Crippen molar-refractivity contribution in [3.05, 3.63) is 35.5 Å². The lowest BCUT2D eigenvalue weighted by molar-refractivity contribution is 1.42. The Bertz CT molecular complexity index is 457. The number of H-pyrrole nitrogens is 1. The summed E-state index contributed by atoms with van der Waals surface area (Å²) in [5.41, 5.74) is 3.24. The summed E-state index contributed by atoms with van der Waals surface area (Å²) in [7, 11) is 0. The van der Waals surface area contributed by atoms with Crippen molar-refractivity contribution >= 4 is 10.9 Å². The highest BCUT2D eigenvalue weighted by molar-refractivity contribution is 5.87.